The Balaban J connectivity index is 1.62. The Hall–Kier alpha value is -2.34. The third-order valence-electron chi connectivity index (χ3n) is 4.80. The van der Waals surface area contributed by atoms with Crippen LogP contribution >= 0.6 is 0 Å². The van der Waals surface area contributed by atoms with Gasteiger partial charge in [-0.2, -0.15) is 0 Å². The number of carbonyl (C=O) groups is 2. The van der Waals surface area contributed by atoms with E-state index in [1.165, 1.54) is 12.8 Å². The number of aliphatic carboxylic acids is 1. The minimum absolute atomic E-state index is 0.214. The summed E-state index contributed by atoms with van der Waals surface area (Å²) in [6.07, 6.45) is 6.70. The lowest BCUT2D eigenvalue weighted by Crippen LogP contribution is -2.46. The lowest BCUT2D eigenvalue weighted by Gasteiger charge is -2.21. The number of carbonyl (C=O) groups excluding carboxylic acids is 1. The predicted molar refractivity (Wildman–Crippen MR) is 96.5 cm³/mol. The van der Waals surface area contributed by atoms with E-state index in [-0.39, 0.29) is 18.9 Å². The van der Waals surface area contributed by atoms with Crippen LogP contribution in [0, 0.1) is 0 Å². The number of amides is 1. The van der Waals surface area contributed by atoms with Crippen molar-refractivity contribution >= 4 is 22.8 Å². The van der Waals surface area contributed by atoms with Gasteiger partial charge < -0.3 is 15.4 Å². The van der Waals surface area contributed by atoms with Crippen molar-refractivity contribution in [3.8, 4) is 0 Å². The van der Waals surface area contributed by atoms with Crippen LogP contribution in [-0.4, -0.2) is 52.5 Å². The second-order valence-electron chi connectivity index (χ2n) is 6.71. The molecule has 1 aromatic carbocycles. The Labute approximate surface area is 147 Å². The topological polar surface area (TPSA) is 85.4 Å². The monoisotopic (exact) mass is 343 g/mol. The molecule has 6 nitrogen and oxygen atoms in total. The fourth-order valence-electron chi connectivity index (χ4n) is 3.46. The molecule has 1 fully saturated rings. The number of aromatic nitrogens is 1. The molecule has 1 atom stereocenters. The van der Waals surface area contributed by atoms with Crippen LogP contribution in [0.1, 0.15) is 31.2 Å². The number of carboxylic acids is 1. The van der Waals surface area contributed by atoms with Crippen molar-refractivity contribution in [2.45, 2.75) is 38.1 Å². The smallest absolute Gasteiger partial charge is 0.326 e. The van der Waals surface area contributed by atoms with Gasteiger partial charge in [-0.15, -0.1) is 0 Å². The van der Waals surface area contributed by atoms with Crippen molar-refractivity contribution in [1.82, 2.24) is 15.2 Å². The molecule has 3 rings (SSSR count). The van der Waals surface area contributed by atoms with E-state index < -0.39 is 12.0 Å². The number of nitrogens with one attached hydrogen (secondary N) is 2. The van der Waals surface area contributed by atoms with Gasteiger partial charge in [0.15, 0.2) is 0 Å². The summed E-state index contributed by atoms with van der Waals surface area (Å²) in [5.41, 5.74) is 1.87. The van der Waals surface area contributed by atoms with Gasteiger partial charge in [0, 0.05) is 23.5 Å². The van der Waals surface area contributed by atoms with Crippen molar-refractivity contribution in [3.63, 3.8) is 0 Å². The Morgan fingerprint density at radius 1 is 1.16 bits per heavy atom. The number of hydrogen-bond acceptors (Lipinski definition) is 3. The number of H-pyrrole nitrogens is 1. The minimum Gasteiger partial charge on any atom is -0.480 e. The molecule has 0 unspecified atom stereocenters. The molecule has 1 aliphatic heterocycles. The van der Waals surface area contributed by atoms with E-state index in [2.05, 4.69) is 15.2 Å². The Kier molecular flexibility index (Phi) is 5.71. The first kappa shape index (κ1) is 17.5. The lowest BCUT2D eigenvalue weighted by atomic mass is 10.0. The van der Waals surface area contributed by atoms with Crippen molar-refractivity contribution in [2.24, 2.45) is 0 Å². The number of rotatable bonds is 6. The van der Waals surface area contributed by atoms with Gasteiger partial charge in [-0.3, -0.25) is 9.69 Å². The molecule has 0 aliphatic carbocycles. The van der Waals surface area contributed by atoms with Crippen LogP contribution < -0.4 is 5.32 Å². The van der Waals surface area contributed by atoms with Gasteiger partial charge in [0.1, 0.15) is 6.04 Å². The average Bonchev–Trinajstić information content (AvgIpc) is 2.82. The highest BCUT2D eigenvalue weighted by atomic mass is 16.4. The molecule has 0 saturated carbocycles. The molecule has 2 heterocycles. The zero-order chi connectivity index (χ0) is 17.6. The van der Waals surface area contributed by atoms with Gasteiger partial charge in [0.2, 0.25) is 5.91 Å². The molecule has 0 radical (unpaired) electrons. The molecule has 134 valence electrons. The molecule has 25 heavy (non-hydrogen) atoms. The molecule has 6 heteroatoms. The first-order chi connectivity index (χ1) is 12.1. The standard InChI is InChI=1S/C19H25N3O3/c23-18(13-22-9-5-1-2-6-10-22)21-17(19(24)25)11-14-12-20-16-8-4-3-7-15(14)16/h3-4,7-8,12,17,20H,1-2,5-6,9-11,13H2,(H,21,23)(H,24,25)/t17-/m0/s1. The number of fused-ring (bicyclic) bond motifs is 1. The minimum atomic E-state index is -1.01. The first-order valence-corrected chi connectivity index (χ1v) is 8.93. The second kappa shape index (κ2) is 8.16. The molecule has 1 saturated heterocycles. The number of hydrogen-bond donors (Lipinski definition) is 3. The van der Waals surface area contributed by atoms with Crippen LogP contribution in [0.4, 0.5) is 0 Å². The number of carboxylic acid groups (broad SMARTS) is 1. The third kappa shape index (κ3) is 4.60. The summed E-state index contributed by atoms with van der Waals surface area (Å²) in [4.78, 5) is 29.2. The highest BCUT2D eigenvalue weighted by Gasteiger charge is 2.23. The van der Waals surface area contributed by atoms with Gasteiger partial charge in [0.05, 0.1) is 6.54 Å². The number of likely N-dealkylation sites (tertiary alicyclic amines) is 1. The summed E-state index contributed by atoms with van der Waals surface area (Å²) in [7, 11) is 0. The Morgan fingerprint density at radius 2 is 1.88 bits per heavy atom. The summed E-state index contributed by atoms with van der Waals surface area (Å²) < 4.78 is 0. The normalized spacial score (nSPS) is 17.1. The van der Waals surface area contributed by atoms with Gasteiger partial charge in [-0.05, 0) is 37.6 Å². The van der Waals surface area contributed by atoms with Gasteiger partial charge >= 0.3 is 5.97 Å². The zero-order valence-electron chi connectivity index (χ0n) is 14.3. The summed E-state index contributed by atoms with van der Waals surface area (Å²) in [6.45, 7) is 2.10. The van der Waals surface area contributed by atoms with Gasteiger partial charge in [-0.1, -0.05) is 31.0 Å². The van der Waals surface area contributed by atoms with Crippen LogP contribution in [0.15, 0.2) is 30.5 Å². The zero-order valence-corrected chi connectivity index (χ0v) is 14.3. The van der Waals surface area contributed by atoms with Gasteiger partial charge in [-0.25, -0.2) is 4.79 Å². The maximum absolute atomic E-state index is 12.3. The fourth-order valence-corrected chi connectivity index (χ4v) is 3.46. The van der Waals surface area contributed by atoms with E-state index in [1.54, 1.807) is 0 Å². The van der Waals surface area contributed by atoms with Crippen molar-refractivity contribution in [2.75, 3.05) is 19.6 Å². The molecular weight excluding hydrogens is 318 g/mol. The van der Waals surface area contributed by atoms with E-state index in [1.807, 2.05) is 30.5 Å². The summed E-state index contributed by atoms with van der Waals surface area (Å²) in [5.74, 6) is -1.22. The fraction of sp³-hybridized carbons (Fsp3) is 0.474. The predicted octanol–water partition coefficient (Wildman–Crippen LogP) is 2.16. The molecule has 0 spiro atoms. The van der Waals surface area contributed by atoms with E-state index in [0.717, 1.165) is 42.4 Å². The van der Waals surface area contributed by atoms with Crippen molar-refractivity contribution in [1.29, 1.82) is 0 Å². The van der Waals surface area contributed by atoms with E-state index in [0.29, 0.717) is 0 Å². The summed E-state index contributed by atoms with van der Waals surface area (Å²) >= 11 is 0. The van der Waals surface area contributed by atoms with Crippen molar-refractivity contribution in [3.05, 3.63) is 36.0 Å². The van der Waals surface area contributed by atoms with E-state index >= 15 is 0 Å². The van der Waals surface area contributed by atoms with Crippen LogP contribution in [0.2, 0.25) is 0 Å². The summed E-state index contributed by atoms with van der Waals surface area (Å²) in [5, 5.41) is 13.2. The maximum Gasteiger partial charge on any atom is 0.326 e. The van der Waals surface area contributed by atoms with E-state index in [4.69, 9.17) is 0 Å². The van der Waals surface area contributed by atoms with Crippen LogP contribution in [0.3, 0.4) is 0 Å². The molecule has 2 aromatic rings. The maximum atomic E-state index is 12.3. The first-order valence-electron chi connectivity index (χ1n) is 8.93. The van der Waals surface area contributed by atoms with Crippen LogP contribution in [0.25, 0.3) is 10.9 Å². The summed E-state index contributed by atoms with van der Waals surface area (Å²) in [6, 6.07) is 6.85. The molecule has 1 aliphatic rings. The highest BCUT2D eigenvalue weighted by Crippen LogP contribution is 2.19. The number of aromatic amines is 1. The average molecular weight is 343 g/mol. The van der Waals surface area contributed by atoms with Gasteiger partial charge in [0.25, 0.3) is 0 Å². The quantitative estimate of drug-likeness (QED) is 0.750. The van der Waals surface area contributed by atoms with Crippen molar-refractivity contribution < 1.29 is 14.7 Å². The Morgan fingerprint density at radius 3 is 2.60 bits per heavy atom. The molecule has 3 N–H and O–H groups in total. The largest absolute Gasteiger partial charge is 0.480 e. The van der Waals surface area contributed by atoms with E-state index in [9.17, 15) is 14.7 Å². The molecule has 1 amide bonds. The molecule has 0 bridgehead atoms. The second-order valence-corrected chi connectivity index (χ2v) is 6.71. The number of benzene rings is 1. The van der Waals surface area contributed by atoms with Crippen LogP contribution in [-0.2, 0) is 16.0 Å². The van der Waals surface area contributed by atoms with Crippen LogP contribution in [0.5, 0.6) is 0 Å². The highest BCUT2D eigenvalue weighted by molar-refractivity contribution is 5.87. The third-order valence-corrected chi connectivity index (χ3v) is 4.80. The Bertz CT molecular complexity index is 732. The number of nitrogens with zero attached hydrogens (tertiary/aromatic N) is 1. The molecular formula is C19H25N3O3. The molecule has 1 aromatic heterocycles. The lowest BCUT2D eigenvalue weighted by molar-refractivity contribution is -0.141. The SMILES string of the molecule is O=C(CN1CCCCCC1)N[C@@H](Cc1c[nH]c2ccccc12)C(=O)O. The number of para-hydroxylation sites is 1.